The van der Waals surface area contributed by atoms with Crippen LogP contribution in [0.5, 0.6) is 0 Å². The molecule has 1 heterocycles. The van der Waals surface area contributed by atoms with E-state index in [-0.39, 0.29) is 0 Å². The molecule has 1 nitrogen and oxygen atoms in total. The van der Waals surface area contributed by atoms with Crippen molar-refractivity contribution in [3.8, 4) is 0 Å². The van der Waals surface area contributed by atoms with Crippen molar-refractivity contribution in [2.75, 3.05) is 6.54 Å². The van der Waals surface area contributed by atoms with Crippen molar-refractivity contribution in [3.05, 3.63) is 22.4 Å². The summed E-state index contributed by atoms with van der Waals surface area (Å²) in [4.78, 5) is 1.58. The zero-order valence-electron chi connectivity index (χ0n) is 12.4. The highest BCUT2D eigenvalue weighted by Gasteiger charge is 2.39. The molecule has 2 heteroatoms. The van der Waals surface area contributed by atoms with Crippen LogP contribution in [0, 0.1) is 23.7 Å². The van der Waals surface area contributed by atoms with Crippen LogP contribution in [-0.4, -0.2) is 6.54 Å². The minimum atomic E-state index is 0.650. The zero-order valence-corrected chi connectivity index (χ0v) is 13.2. The highest BCUT2D eigenvalue weighted by Crippen LogP contribution is 2.48. The summed E-state index contributed by atoms with van der Waals surface area (Å²) in [6, 6.07) is 5.22. The van der Waals surface area contributed by atoms with Crippen LogP contribution in [0.15, 0.2) is 17.5 Å². The molecule has 4 atom stereocenters. The van der Waals surface area contributed by atoms with E-state index in [2.05, 4.69) is 22.8 Å². The lowest BCUT2D eigenvalue weighted by Crippen LogP contribution is -2.32. The van der Waals surface area contributed by atoms with Gasteiger partial charge in [0.2, 0.25) is 0 Å². The van der Waals surface area contributed by atoms with E-state index in [4.69, 9.17) is 0 Å². The Morgan fingerprint density at radius 3 is 2.70 bits per heavy atom. The van der Waals surface area contributed by atoms with Gasteiger partial charge < -0.3 is 5.32 Å². The van der Waals surface area contributed by atoms with E-state index in [9.17, 15) is 0 Å². The van der Waals surface area contributed by atoms with Crippen LogP contribution in [-0.2, 0) is 0 Å². The van der Waals surface area contributed by atoms with Gasteiger partial charge in [-0.1, -0.05) is 25.3 Å². The second-order valence-corrected chi connectivity index (χ2v) is 8.36. The Labute approximate surface area is 127 Å². The summed E-state index contributed by atoms with van der Waals surface area (Å²) in [5.74, 6) is 4.02. The molecule has 1 aromatic heterocycles. The van der Waals surface area contributed by atoms with E-state index in [1.54, 1.807) is 11.3 Å². The fraction of sp³-hybridized carbons (Fsp3) is 0.778. The van der Waals surface area contributed by atoms with Gasteiger partial charge in [0.15, 0.2) is 0 Å². The SMILES string of the molecule is c1csc(C(NCC2CC3CCC2C3)C2CCCC2)c1. The summed E-state index contributed by atoms with van der Waals surface area (Å²) in [6.07, 6.45) is 11.9. The number of nitrogens with one attached hydrogen (secondary N) is 1. The first-order valence-corrected chi connectivity index (χ1v) is 9.55. The Balaban J connectivity index is 1.40. The Kier molecular flexibility index (Phi) is 3.87. The van der Waals surface area contributed by atoms with E-state index < -0.39 is 0 Å². The standard InChI is InChI=1S/C18H27NS/c1-2-5-14(4-1)18(17-6-3-9-20-17)19-12-16-11-13-7-8-15(16)10-13/h3,6,9,13-16,18-19H,1-2,4-5,7-8,10-12H2. The van der Waals surface area contributed by atoms with Crippen molar-refractivity contribution < 1.29 is 0 Å². The van der Waals surface area contributed by atoms with Gasteiger partial charge in [-0.05, 0) is 73.8 Å². The molecule has 20 heavy (non-hydrogen) atoms. The quantitative estimate of drug-likeness (QED) is 0.804. The number of rotatable bonds is 5. The monoisotopic (exact) mass is 289 g/mol. The number of fused-ring (bicyclic) bond motifs is 2. The fourth-order valence-corrected chi connectivity index (χ4v) is 6.06. The average Bonchev–Trinajstić information content (AvgIpc) is 3.25. The normalized spacial score (nSPS) is 34.9. The number of hydrogen-bond acceptors (Lipinski definition) is 2. The first-order valence-electron chi connectivity index (χ1n) is 8.67. The lowest BCUT2D eigenvalue weighted by molar-refractivity contribution is 0.281. The van der Waals surface area contributed by atoms with Gasteiger partial charge in [-0.2, -0.15) is 0 Å². The third-order valence-corrected chi connectivity index (χ3v) is 7.16. The molecule has 3 aliphatic rings. The van der Waals surface area contributed by atoms with Crippen LogP contribution in [0.1, 0.15) is 62.3 Å². The lowest BCUT2D eigenvalue weighted by Gasteiger charge is -2.28. The van der Waals surface area contributed by atoms with Crippen LogP contribution >= 0.6 is 11.3 Å². The maximum atomic E-state index is 4.00. The molecular formula is C18H27NS. The highest BCUT2D eigenvalue weighted by molar-refractivity contribution is 7.10. The molecule has 0 radical (unpaired) electrons. The van der Waals surface area contributed by atoms with E-state index in [0.29, 0.717) is 6.04 Å². The molecule has 0 aromatic carbocycles. The second-order valence-electron chi connectivity index (χ2n) is 7.38. The molecule has 0 saturated heterocycles. The summed E-state index contributed by atoms with van der Waals surface area (Å²) in [5.41, 5.74) is 0. The summed E-state index contributed by atoms with van der Waals surface area (Å²) >= 11 is 1.95. The molecule has 110 valence electrons. The third-order valence-electron chi connectivity index (χ3n) is 6.21. The van der Waals surface area contributed by atoms with Gasteiger partial charge in [-0.3, -0.25) is 0 Å². The topological polar surface area (TPSA) is 12.0 Å². The molecule has 0 amide bonds. The molecule has 0 spiro atoms. The summed E-state index contributed by atoms with van der Waals surface area (Å²) in [7, 11) is 0. The van der Waals surface area contributed by atoms with Crippen molar-refractivity contribution in [1.82, 2.24) is 5.32 Å². The smallest absolute Gasteiger partial charge is 0.0443 e. The summed E-state index contributed by atoms with van der Waals surface area (Å²) in [5, 5.41) is 6.25. The molecular weight excluding hydrogens is 262 g/mol. The van der Waals surface area contributed by atoms with Gasteiger partial charge in [0, 0.05) is 10.9 Å². The molecule has 4 unspecified atom stereocenters. The largest absolute Gasteiger partial charge is 0.309 e. The van der Waals surface area contributed by atoms with Crippen LogP contribution in [0.3, 0.4) is 0 Å². The zero-order chi connectivity index (χ0) is 13.4. The van der Waals surface area contributed by atoms with Crippen molar-refractivity contribution in [2.45, 2.75) is 57.4 Å². The Morgan fingerprint density at radius 2 is 2.05 bits per heavy atom. The maximum absolute atomic E-state index is 4.00. The van der Waals surface area contributed by atoms with E-state index in [1.807, 2.05) is 11.3 Å². The van der Waals surface area contributed by atoms with Crippen LogP contribution in [0.4, 0.5) is 0 Å². The molecule has 4 rings (SSSR count). The Bertz CT molecular complexity index is 421. The third kappa shape index (κ3) is 2.57. The highest BCUT2D eigenvalue weighted by atomic mass is 32.1. The molecule has 3 aliphatic carbocycles. The van der Waals surface area contributed by atoms with Crippen LogP contribution < -0.4 is 5.32 Å². The van der Waals surface area contributed by atoms with Gasteiger partial charge in [0.1, 0.15) is 0 Å². The van der Waals surface area contributed by atoms with Gasteiger partial charge in [-0.25, -0.2) is 0 Å². The van der Waals surface area contributed by atoms with Crippen molar-refractivity contribution in [2.24, 2.45) is 23.7 Å². The number of hydrogen-bond donors (Lipinski definition) is 1. The molecule has 3 fully saturated rings. The molecule has 1 aromatic rings. The van der Waals surface area contributed by atoms with Crippen molar-refractivity contribution in [3.63, 3.8) is 0 Å². The maximum Gasteiger partial charge on any atom is 0.0443 e. The first kappa shape index (κ1) is 13.3. The first-order chi connectivity index (χ1) is 9.90. The van der Waals surface area contributed by atoms with Gasteiger partial charge in [0.25, 0.3) is 0 Å². The Hall–Kier alpha value is -0.340. The molecule has 0 aliphatic heterocycles. The average molecular weight is 289 g/mol. The molecule has 2 bridgehead atoms. The molecule has 1 N–H and O–H groups in total. The second kappa shape index (κ2) is 5.81. The van der Waals surface area contributed by atoms with E-state index >= 15 is 0 Å². The van der Waals surface area contributed by atoms with E-state index in [1.165, 1.54) is 51.5 Å². The predicted molar refractivity (Wildman–Crippen MR) is 86.0 cm³/mol. The van der Waals surface area contributed by atoms with Crippen molar-refractivity contribution in [1.29, 1.82) is 0 Å². The van der Waals surface area contributed by atoms with Gasteiger partial charge >= 0.3 is 0 Å². The predicted octanol–water partition coefficient (Wildman–Crippen LogP) is 5.01. The van der Waals surface area contributed by atoms with Gasteiger partial charge in [-0.15, -0.1) is 11.3 Å². The summed E-state index contributed by atoms with van der Waals surface area (Å²) in [6.45, 7) is 1.28. The fourth-order valence-electron chi connectivity index (χ4n) is 5.16. The minimum absolute atomic E-state index is 0.650. The number of thiophene rings is 1. The Morgan fingerprint density at radius 1 is 1.15 bits per heavy atom. The van der Waals surface area contributed by atoms with Crippen LogP contribution in [0.2, 0.25) is 0 Å². The van der Waals surface area contributed by atoms with E-state index in [0.717, 1.165) is 23.7 Å². The van der Waals surface area contributed by atoms with Gasteiger partial charge in [0.05, 0.1) is 0 Å². The van der Waals surface area contributed by atoms with Crippen LogP contribution in [0.25, 0.3) is 0 Å². The lowest BCUT2D eigenvalue weighted by atomic mass is 9.88. The van der Waals surface area contributed by atoms with Crippen molar-refractivity contribution >= 4 is 11.3 Å². The molecule has 3 saturated carbocycles. The minimum Gasteiger partial charge on any atom is -0.309 e. The summed E-state index contributed by atoms with van der Waals surface area (Å²) < 4.78 is 0.